The molecule has 176 valence electrons. The number of amides is 4. The van der Waals surface area contributed by atoms with Crippen molar-refractivity contribution in [3.63, 3.8) is 0 Å². The van der Waals surface area contributed by atoms with E-state index in [0.29, 0.717) is 16.4 Å². The van der Waals surface area contributed by atoms with Gasteiger partial charge in [0.1, 0.15) is 0 Å². The first kappa shape index (κ1) is 25.3. The van der Waals surface area contributed by atoms with Gasteiger partial charge in [0, 0.05) is 16.4 Å². The molecule has 0 aliphatic heterocycles. The van der Waals surface area contributed by atoms with Gasteiger partial charge in [0.25, 0.3) is 5.91 Å². The molecule has 0 aliphatic rings. The number of halogens is 2. The van der Waals surface area contributed by atoms with E-state index in [1.165, 1.54) is 6.07 Å². The molecule has 0 heterocycles. The molecule has 0 bridgehead atoms. The third kappa shape index (κ3) is 7.07. The lowest BCUT2D eigenvalue weighted by Gasteiger charge is -2.17. The lowest BCUT2D eigenvalue weighted by molar-refractivity contribution is -0.117. The van der Waals surface area contributed by atoms with Crippen LogP contribution in [0.25, 0.3) is 0 Å². The van der Waals surface area contributed by atoms with Crippen molar-refractivity contribution in [2.75, 3.05) is 10.6 Å². The Labute approximate surface area is 208 Å². The number of carbonyl (C=O) groups excluding carboxylic acids is 3. The van der Waals surface area contributed by atoms with Gasteiger partial charge in [-0.2, -0.15) is 0 Å². The number of rotatable bonds is 8. The predicted molar refractivity (Wildman–Crippen MR) is 137 cm³/mol. The van der Waals surface area contributed by atoms with Crippen molar-refractivity contribution in [3.05, 3.63) is 94.0 Å². The largest absolute Gasteiger partial charge is 0.326 e. The second kappa shape index (κ2) is 12.2. The van der Waals surface area contributed by atoms with Gasteiger partial charge in [-0.1, -0.05) is 67.2 Å². The fourth-order valence-corrected chi connectivity index (χ4v) is 3.74. The van der Waals surface area contributed by atoms with Crippen molar-refractivity contribution >= 4 is 52.4 Å². The molecule has 0 spiro atoms. The molecule has 0 aromatic heterocycles. The van der Waals surface area contributed by atoms with Crippen LogP contribution in [0.5, 0.6) is 0 Å². The van der Waals surface area contributed by atoms with Crippen LogP contribution in [0.2, 0.25) is 10.0 Å². The molecule has 0 aliphatic carbocycles. The van der Waals surface area contributed by atoms with Crippen LogP contribution in [-0.2, 0) is 4.79 Å². The number of unbranched alkanes of at least 4 members (excludes halogenated alkanes) is 1. The fraction of sp³-hybridized carbons (Fsp3) is 0.192. The summed E-state index contributed by atoms with van der Waals surface area (Å²) in [6, 6.07) is 19.7. The number of urea groups is 1. The third-order valence-electron chi connectivity index (χ3n) is 5.19. The van der Waals surface area contributed by atoms with Gasteiger partial charge in [0.15, 0.2) is 0 Å². The summed E-state index contributed by atoms with van der Waals surface area (Å²) < 4.78 is 0. The minimum absolute atomic E-state index is 0.112. The number of imide groups is 1. The number of nitrogens with one attached hydrogen (secondary N) is 3. The highest BCUT2D eigenvalue weighted by Crippen LogP contribution is 2.26. The first-order valence-electron chi connectivity index (χ1n) is 10.9. The van der Waals surface area contributed by atoms with Crippen molar-refractivity contribution in [2.45, 2.75) is 32.1 Å². The summed E-state index contributed by atoms with van der Waals surface area (Å²) in [5.74, 6) is -1.01. The van der Waals surface area contributed by atoms with Crippen molar-refractivity contribution in [1.29, 1.82) is 0 Å². The lowest BCUT2D eigenvalue weighted by atomic mass is 9.92. The van der Waals surface area contributed by atoms with E-state index in [2.05, 4.69) is 22.9 Å². The van der Waals surface area contributed by atoms with Crippen LogP contribution >= 0.6 is 23.2 Å². The Kier molecular flexibility index (Phi) is 9.08. The molecule has 0 saturated carbocycles. The highest BCUT2D eigenvalue weighted by Gasteiger charge is 2.20. The summed E-state index contributed by atoms with van der Waals surface area (Å²) in [5, 5.41) is 8.63. The highest BCUT2D eigenvalue weighted by atomic mass is 35.5. The third-order valence-corrected chi connectivity index (χ3v) is 5.77. The van der Waals surface area contributed by atoms with Crippen LogP contribution in [-0.4, -0.2) is 17.8 Å². The van der Waals surface area contributed by atoms with Gasteiger partial charge < -0.3 is 10.6 Å². The van der Waals surface area contributed by atoms with E-state index in [4.69, 9.17) is 23.2 Å². The molecule has 34 heavy (non-hydrogen) atoms. The zero-order chi connectivity index (χ0) is 24.5. The van der Waals surface area contributed by atoms with Gasteiger partial charge in [-0.25, -0.2) is 4.79 Å². The molecule has 0 saturated heterocycles. The van der Waals surface area contributed by atoms with Crippen LogP contribution in [0.3, 0.4) is 0 Å². The Bertz CT molecular complexity index is 1150. The van der Waals surface area contributed by atoms with E-state index in [0.717, 1.165) is 24.8 Å². The van der Waals surface area contributed by atoms with Gasteiger partial charge in [-0.15, -0.1) is 0 Å². The Balaban J connectivity index is 1.60. The molecule has 0 radical (unpaired) electrons. The smallest absolute Gasteiger partial charge is 0.326 e. The summed E-state index contributed by atoms with van der Waals surface area (Å²) in [5.41, 5.74) is 2.17. The summed E-state index contributed by atoms with van der Waals surface area (Å²) in [6.45, 7) is 2.08. The number of hydrogen-bond acceptors (Lipinski definition) is 3. The molecule has 4 amide bonds. The first-order valence-corrected chi connectivity index (χ1v) is 11.7. The summed E-state index contributed by atoms with van der Waals surface area (Å²) >= 11 is 12.0. The molecule has 3 aromatic carbocycles. The average Bonchev–Trinajstić information content (AvgIpc) is 2.82. The van der Waals surface area contributed by atoms with Crippen molar-refractivity contribution in [1.82, 2.24) is 5.32 Å². The Morgan fingerprint density at radius 1 is 0.824 bits per heavy atom. The molecule has 1 atom stereocenters. The minimum Gasteiger partial charge on any atom is -0.326 e. The first-order chi connectivity index (χ1) is 16.4. The van der Waals surface area contributed by atoms with Gasteiger partial charge >= 0.3 is 6.03 Å². The summed E-state index contributed by atoms with van der Waals surface area (Å²) in [6.07, 6.45) is 2.63. The number of hydrogen-bond donors (Lipinski definition) is 3. The standard InChI is InChI=1S/C26H25Cl2N3O3/c1-2-3-6-21(17-9-11-18(27)12-10-17)24(32)29-19-13-15-20(16-14-19)30-26(34)31-25(33)22-7-4-5-8-23(22)28/h4-5,7-16,21H,2-3,6H2,1H3,(H,29,32)(H2,30,31,33,34). The predicted octanol–water partition coefficient (Wildman–Crippen LogP) is 6.87. The number of anilines is 2. The fourth-order valence-electron chi connectivity index (χ4n) is 3.40. The molecule has 3 aromatic rings. The minimum atomic E-state index is -0.691. The van der Waals surface area contributed by atoms with E-state index < -0.39 is 11.9 Å². The van der Waals surface area contributed by atoms with Crippen molar-refractivity contribution < 1.29 is 14.4 Å². The maximum atomic E-state index is 13.0. The maximum absolute atomic E-state index is 13.0. The number of benzene rings is 3. The van der Waals surface area contributed by atoms with Crippen LogP contribution in [0.1, 0.15) is 48.0 Å². The van der Waals surface area contributed by atoms with Crippen molar-refractivity contribution in [3.8, 4) is 0 Å². The summed E-state index contributed by atoms with van der Waals surface area (Å²) in [7, 11) is 0. The quantitative estimate of drug-likeness (QED) is 0.317. The van der Waals surface area contributed by atoms with Crippen LogP contribution in [0.4, 0.5) is 16.2 Å². The lowest BCUT2D eigenvalue weighted by Crippen LogP contribution is -2.34. The monoisotopic (exact) mass is 497 g/mol. The van der Waals surface area contributed by atoms with Crippen LogP contribution < -0.4 is 16.0 Å². The molecule has 6 nitrogen and oxygen atoms in total. The highest BCUT2D eigenvalue weighted by molar-refractivity contribution is 6.34. The maximum Gasteiger partial charge on any atom is 0.326 e. The van der Waals surface area contributed by atoms with Gasteiger partial charge in [0.05, 0.1) is 16.5 Å². The van der Waals surface area contributed by atoms with E-state index in [1.54, 1.807) is 54.6 Å². The number of carbonyl (C=O) groups is 3. The Hall–Kier alpha value is -3.35. The second-order valence-electron chi connectivity index (χ2n) is 7.70. The molecule has 3 rings (SSSR count). The molecular weight excluding hydrogens is 473 g/mol. The zero-order valence-corrected chi connectivity index (χ0v) is 20.1. The molecule has 8 heteroatoms. The zero-order valence-electron chi connectivity index (χ0n) is 18.6. The van der Waals surface area contributed by atoms with E-state index in [9.17, 15) is 14.4 Å². The topological polar surface area (TPSA) is 87.3 Å². The van der Waals surface area contributed by atoms with E-state index in [1.807, 2.05) is 12.1 Å². The SMILES string of the molecule is CCCCC(C(=O)Nc1ccc(NC(=O)NC(=O)c2ccccc2Cl)cc1)c1ccc(Cl)cc1. The molecular formula is C26H25Cl2N3O3. The normalized spacial score (nSPS) is 11.4. The Morgan fingerprint density at radius 2 is 1.44 bits per heavy atom. The van der Waals surface area contributed by atoms with Crippen LogP contribution in [0, 0.1) is 0 Å². The van der Waals surface area contributed by atoms with E-state index >= 15 is 0 Å². The molecule has 0 fully saturated rings. The average molecular weight is 498 g/mol. The summed E-state index contributed by atoms with van der Waals surface area (Å²) in [4.78, 5) is 37.4. The molecule has 1 unspecified atom stereocenters. The van der Waals surface area contributed by atoms with E-state index in [-0.39, 0.29) is 22.4 Å². The van der Waals surface area contributed by atoms with Crippen LogP contribution in [0.15, 0.2) is 72.8 Å². The van der Waals surface area contributed by atoms with Gasteiger partial charge in [0.2, 0.25) is 5.91 Å². The van der Waals surface area contributed by atoms with Gasteiger partial charge in [-0.05, 0) is 60.5 Å². The van der Waals surface area contributed by atoms with Crippen molar-refractivity contribution in [2.24, 2.45) is 0 Å². The second-order valence-corrected chi connectivity index (χ2v) is 8.54. The molecule has 3 N–H and O–H groups in total. The Morgan fingerprint density at radius 3 is 2.06 bits per heavy atom. The van der Waals surface area contributed by atoms with Gasteiger partial charge in [-0.3, -0.25) is 14.9 Å².